The fourth-order valence-electron chi connectivity index (χ4n) is 2.61. The third kappa shape index (κ3) is 2.74. The first-order valence-corrected chi connectivity index (χ1v) is 8.28. The monoisotopic (exact) mass is 366 g/mol. The zero-order valence-corrected chi connectivity index (χ0v) is 14.0. The van der Waals surface area contributed by atoms with E-state index in [1.165, 1.54) is 6.07 Å². The van der Waals surface area contributed by atoms with E-state index < -0.39 is 0 Å². The Balaban J connectivity index is 2.10. The SMILES string of the molecule is Cc1cc(F)cc(C)c1C(Br)c1cc2ccc(F)cc2s1. The lowest BCUT2D eigenvalue weighted by molar-refractivity contribution is 0.624. The molecule has 0 saturated heterocycles. The average Bonchev–Trinajstić information content (AvgIpc) is 2.80. The maximum Gasteiger partial charge on any atom is 0.124 e. The maximum atomic E-state index is 13.4. The van der Waals surface area contributed by atoms with Gasteiger partial charge < -0.3 is 0 Å². The summed E-state index contributed by atoms with van der Waals surface area (Å²) < 4.78 is 27.7. The van der Waals surface area contributed by atoms with Gasteiger partial charge in [-0.05, 0) is 66.3 Å². The highest BCUT2D eigenvalue weighted by molar-refractivity contribution is 9.09. The van der Waals surface area contributed by atoms with Gasteiger partial charge in [-0.3, -0.25) is 0 Å². The molecule has 21 heavy (non-hydrogen) atoms. The molecule has 0 spiro atoms. The molecule has 4 heteroatoms. The summed E-state index contributed by atoms with van der Waals surface area (Å²) in [7, 11) is 0. The minimum Gasteiger partial charge on any atom is -0.207 e. The fourth-order valence-corrected chi connectivity index (χ4v) is 4.83. The van der Waals surface area contributed by atoms with Crippen molar-refractivity contribution in [1.82, 2.24) is 0 Å². The van der Waals surface area contributed by atoms with E-state index in [1.807, 2.05) is 13.8 Å². The van der Waals surface area contributed by atoms with E-state index in [4.69, 9.17) is 0 Å². The number of aryl methyl sites for hydroxylation is 2. The zero-order valence-electron chi connectivity index (χ0n) is 11.6. The maximum absolute atomic E-state index is 13.4. The minimum absolute atomic E-state index is 0.0152. The van der Waals surface area contributed by atoms with E-state index in [-0.39, 0.29) is 16.5 Å². The van der Waals surface area contributed by atoms with Crippen molar-refractivity contribution in [2.45, 2.75) is 18.7 Å². The molecule has 108 valence electrons. The smallest absolute Gasteiger partial charge is 0.124 e. The van der Waals surface area contributed by atoms with Crippen LogP contribution < -0.4 is 0 Å². The second-order valence-corrected chi connectivity index (χ2v) is 7.18. The highest BCUT2D eigenvalue weighted by Crippen LogP contribution is 2.41. The van der Waals surface area contributed by atoms with E-state index in [1.54, 1.807) is 35.6 Å². The van der Waals surface area contributed by atoms with E-state index in [9.17, 15) is 8.78 Å². The van der Waals surface area contributed by atoms with Crippen molar-refractivity contribution < 1.29 is 8.78 Å². The zero-order chi connectivity index (χ0) is 15.1. The molecule has 0 N–H and O–H groups in total. The molecule has 0 amide bonds. The molecule has 0 aliphatic carbocycles. The summed E-state index contributed by atoms with van der Waals surface area (Å²) in [6.07, 6.45) is 0. The topological polar surface area (TPSA) is 0 Å². The highest BCUT2D eigenvalue weighted by Gasteiger charge is 2.18. The largest absolute Gasteiger partial charge is 0.207 e. The van der Waals surface area contributed by atoms with Gasteiger partial charge in [-0.15, -0.1) is 11.3 Å². The highest BCUT2D eigenvalue weighted by atomic mass is 79.9. The molecule has 1 heterocycles. The number of thiophene rings is 1. The molecule has 2 aromatic carbocycles. The van der Waals surface area contributed by atoms with E-state index in [0.717, 1.165) is 31.7 Å². The Bertz CT molecular complexity index is 800. The lowest BCUT2D eigenvalue weighted by atomic mass is 9.99. The Morgan fingerprint density at radius 2 is 1.62 bits per heavy atom. The van der Waals surface area contributed by atoms with Crippen LogP contribution in [0.3, 0.4) is 0 Å². The normalized spacial score (nSPS) is 12.8. The third-order valence-electron chi connectivity index (χ3n) is 3.56. The Labute approximate surface area is 134 Å². The van der Waals surface area contributed by atoms with Crippen LogP contribution in [0.25, 0.3) is 10.1 Å². The third-order valence-corrected chi connectivity index (χ3v) is 5.98. The van der Waals surface area contributed by atoms with Gasteiger partial charge in [0.15, 0.2) is 0 Å². The van der Waals surface area contributed by atoms with Crippen LogP contribution in [0.5, 0.6) is 0 Å². The predicted octanol–water partition coefficient (Wildman–Crippen LogP) is 6.28. The van der Waals surface area contributed by atoms with Gasteiger partial charge in [-0.25, -0.2) is 8.78 Å². The van der Waals surface area contributed by atoms with Crippen LogP contribution in [0.1, 0.15) is 26.4 Å². The first kappa shape index (κ1) is 14.7. The molecule has 3 rings (SSSR count). The molecule has 1 aromatic heterocycles. The van der Waals surface area contributed by atoms with Crippen LogP contribution >= 0.6 is 27.3 Å². The number of hydrogen-bond acceptors (Lipinski definition) is 1. The van der Waals surface area contributed by atoms with Crippen LogP contribution in [0.2, 0.25) is 0 Å². The van der Waals surface area contributed by atoms with E-state index >= 15 is 0 Å². The van der Waals surface area contributed by atoms with Crippen LogP contribution in [-0.4, -0.2) is 0 Å². The summed E-state index contributed by atoms with van der Waals surface area (Å²) in [5.74, 6) is -0.442. The quantitative estimate of drug-likeness (QED) is 0.468. The summed E-state index contributed by atoms with van der Waals surface area (Å²) in [5, 5.41) is 1.03. The van der Waals surface area contributed by atoms with Gasteiger partial charge in [0.25, 0.3) is 0 Å². The van der Waals surface area contributed by atoms with Crippen molar-refractivity contribution in [3.05, 3.63) is 69.6 Å². The van der Waals surface area contributed by atoms with Crippen LogP contribution in [0, 0.1) is 25.5 Å². The molecule has 3 aromatic rings. The van der Waals surface area contributed by atoms with Gasteiger partial charge in [0, 0.05) is 9.58 Å². The van der Waals surface area contributed by atoms with E-state index in [0.29, 0.717) is 0 Å². The van der Waals surface area contributed by atoms with Gasteiger partial charge in [0.2, 0.25) is 0 Å². The lowest BCUT2D eigenvalue weighted by Crippen LogP contribution is -1.98. The average molecular weight is 367 g/mol. The summed E-state index contributed by atoms with van der Waals surface area (Å²) in [4.78, 5) is 1.08. The van der Waals surface area contributed by atoms with Crippen LogP contribution in [0.15, 0.2) is 36.4 Å². The fraction of sp³-hybridized carbons (Fsp3) is 0.176. The summed E-state index contributed by atoms with van der Waals surface area (Å²) in [5.41, 5.74) is 2.90. The number of halogens is 3. The second kappa shape index (κ2) is 5.50. The van der Waals surface area contributed by atoms with Gasteiger partial charge in [0.1, 0.15) is 11.6 Å². The van der Waals surface area contributed by atoms with Crippen molar-refractivity contribution in [3.63, 3.8) is 0 Å². The molecule has 0 fully saturated rings. The number of fused-ring (bicyclic) bond motifs is 1. The molecule has 0 radical (unpaired) electrons. The number of benzene rings is 2. The Morgan fingerprint density at radius 3 is 2.29 bits per heavy atom. The molecule has 1 unspecified atom stereocenters. The summed E-state index contributed by atoms with van der Waals surface area (Å²) >= 11 is 5.27. The molecule has 0 aliphatic rings. The standard InChI is InChI=1S/C17H13BrF2S/c1-9-5-13(20)6-10(2)16(9)17(18)15-7-11-3-4-12(19)8-14(11)21-15/h3-8,17H,1-2H3. The number of hydrogen-bond donors (Lipinski definition) is 0. The Kier molecular flexibility index (Phi) is 3.84. The number of rotatable bonds is 2. The first-order valence-electron chi connectivity index (χ1n) is 6.55. The van der Waals surface area contributed by atoms with Crippen molar-refractivity contribution in [1.29, 1.82) is 0 Å². The molecule has 1 atom stereocenters. The number of alkyl halides is 1. The first-order chi connectivity index (χ1) is 9.95. The van der Waals surface area contributed by atoms with Crippen molar-refractivity contribution in [3.8, 4) is 0 Å². The molecule has 0 saturated carbocycles. The van der Waals surface area contributed by atoms with Gasteiger partial charge in [0.05, 0.1) is 4.83 Å². The lowest BCUT2D eigenvalue weighted by Gasteiger charge is -2.15. The van der Waals surface area contributed by atoms with Crippen molar-refractivity contribution >= 4 is 37.4 Å². The minimum atomic E-state index is -0.226. The van der Waals surface area contributed by atoms with Crippen LogP contribution in [0.4, 0.5) is 8.78 Å². The molecule has 0 aliphatic heterocycles. The molecule has 0 bridgehead atoms. The van der Waals surface area contributed by atoms with Crippen LogP contribution in [-0.2, 0) is 0 Å². The molecular weight excluding hydrogens is 354 g/mol. The van der Waals surface area contributed by atoms with E-state index in [2.05, 4.69) is 22.0 Å². The van der Waals surface area contributed by atoms with Crippen molar-refractivity contribution in [2.24, 2.45) is 0 Å². The molecule has 0 nitrogen and oxygen atoms in total. The Hall–Kier alpha value is -1.26. The van der Waals surface area contributed by atoms with Gasteiger partial charge in [-0.2, -0.15) is 0 Å². The summed E-state index contributed by atoms with van der Waals surface area (Å²) in [6, 6.07) is 9.95. The van der Waals surface area contributed by atoms with Gasteiger partial charge >= 0.3 is 0 Å². The Morgan fingerprint density at radius 1 is 0.952 bits per heavy atom. The summed E-state index contributed by atoms with van der Waals surface area (Å²) in [6.45, 7) is 3.82. The second-order valence-electron chi connectivity index (χ2n) is 5.15. The van der Waals surface area contributed by atoms with Gasteiger partial charge in [-0.1, -0.05) is 22.0 Å². The predicted molar refractivity (Wildman–Crippen MR) is 88.4 cm³/mol. The van der Waals surface area contributed by atoms with Crippen molar-refractivity contribution in [2.75, 3.05) is 0 Å². The molecular formula is C17H13BrF2S.